The van der Waals surface area contributed by atoms with Crippen molar-refractivity contribution in [1.29, 1.82) is 0 Å². The molecular weight excluding hydrogens is 312 g/mol. The third-order valence-corrected chi connectivity index (χ3v) is 5.00. The molecule has 1 fully saturated rings. The van der Waals surface area contributed by atoms with Gasteiger partial charge in [-0.1, -0.05) is 11.2 Å². The van der Waals surface area contributed by atoms with Crippen molar-refractivity contribution in [2.24, 2.45) is 0 Å². The van der Waals surface area contributed by atoms with E-state index in [1.54, 1.807) is 16.2 Å². The minimum Gasteiger partial charge on any atom is -0.347 e. The van der Waals surface area contributed by atoms with Gasteiger partial charge in [-0.15, -0.1) is 11.3 Å². The number of carbonyl (C=O) groups is 1. The number of likely N-dealkylation sites (tertiary alicyclic amines) is 1. The zero-order chi connectivity index (χ0) is 16.2. The van der Waals surface area contributed by atoms with Crippen molar-refractivity contribution in [3.05, 3.63) is 23.4 Å². The first-order chi connectivity index (χ1) is 11.1. The van der Waals surface area contributed by atoms with Gasteiger partial charge in [-0.25, -0.2) is 0 Å². The summed E-state index contributed by atoms with van der Waals surface area (Å²) in [5.41, 5.74) is 0. The van der Waals surface area contributed by atoms with Gasteiger partial charge >= 0.3 is 0 Å². The first kappa shape index (κ1) is 16.1. The molecule has 1 aliphatic heterocycles. The summed E-state index contributed by atoms with van der Waals surface area (Å²) in [5.74, 6) is 1.54. The Morgan fingerprint density at radius 1 is 1.52 bits per heavy atom. The summed E-state index contributed by atoms with van der Waals surface area (Å²) in [6.07, 6.45) is 3.72. The number of carbonyl (C=O) groups excluding carboxylic acids is 1. The summed E-state index contributed by atoms with van der Waals surface area (Å²) >= 11 is 1.60. The van der Waals surface area contributed by atoms with Crippen LogP contribution in [0.5, 0.6) is 0 Å². The molecule has 0 bridgehead atoms. The lowest BCUT2D eigenvalue weighted by Crippen LogP contribution is -2.43. The van der Waals surface area contributed by atoms with Gasteiger partial charge in [0.15, 0.2) is 0 Å². The predicted molar refractivity (Wildman–Crippen MR) is 89.2 cm³/mol. The first-order valence-electron chi connectivity index (χ1n) is 7.97. The smallest absolute Gasteiger partial charge is 0.239 e. The van der Waals surface area contributed by atoms with Gasteiger partial charge in [0.05, 0.1) is 10.9 Å². The van der Waals surface area contributed by atoms with E-state index in [0.29, 0.717) is 11.7 Å². The second-order valence-corrected chi connectivity index (χ2v) is 6.97. The average molecular weight is 334 g/mol. The molecule has 2 aromatic rings. The molecule has 124 valence electrons. The lowest BCUT2D eigenvalue weighted by molar-refractivity contribution is -0.133. The maximum Gasteiger partial charge on any atom is 0.239 e. The fourth-order valence-electron chi connectivity index (χ4n) is 2.97. The van der Waals surface area contributed by atoms with Crippen LogP contribution in [0.1, 0.15) is 25.2 Å². The summed E-state index contributed by atoms with van der Waals surface area (Å²) in [7, 11) is 3.65. The second-order valence-electron chi connectivity index (χ2n) is 6.02. The van der Waals surface area contributed by atoms with Crippen molar-refractivity contribution in [1.82, 2.24) is 19.9 Å². The highest BCUT2D eigenvalue weighted by Crippen LogP contribution is 2.22. The van der Waals surface area contributed by atoms with Gasteiger partial charge in [0.2, 0.25) is 17.6 Å². The molecule has 0 aliphatic carbocycles. The molecule has 3 heterocycles. The largest absolute Gasteiger partial charge is 0.347 e. The molecule has 1 saturated heterocycles. The van der Waals surface area contributed by atoms with Crippen LogP contribution in [-0.2, 0) is 11.2 Å². The van der Waals surface area contributed by atoms with Crippen LogP contribution in [0, 0.1) is 0 Å². The lowest BCUT2D eigenvalue weighted by Gasteiger charge is -2.25. The van der Waals surface area contributed by atoms with Gasteiger partial charge in [0, 0.05) is 20.5 Å². The fraction of sp³-hybridized carbons (Fsp3) is 0.562. The van der Waals surface area contributed by atoms with Crippen LogP contribution in [0.2, 0.25) is 0 Å². The molecule has 0 N–H and O–H groups in total. The minimum atomic E-state index is 0.0364. The van der Waals surface area contributed by atoms with E-state index in [2.05, 4.69) is 15.0 Å². The molecule has 1 unspecified atom stereocenters. The number of thiophene rings is 1. The van der Waals surface area contributed by atoms with E-state index in [0.717, 1.165) is 43.6 Å². The number of hydrogen-bond acceptors (Lipinski definition) is 6. The van der Waals surface area contributed by atoms with Gasteiger partial charge in [0.25, 0.3) is 0 Å². The van der Waals surface area contributed by atoms with E-state index >= 15 is 0 Å². The Hall–Kier alpha value is -1.73. The van der Waals surface area contributed by atoms with E-state index < -0.39 is 0 Å². The molecule has 2 aromatic heterocycles. The molecule has 0 saturated carbocycles. The Balaban J connectivity index is 1.50. The summed E-state index contributed by atoms with van der Waals surface area (Å²) in [6.45, 7) is 1.88. The predicted octanol–water partition coefficient (Wildman–Crippen LogP) is 2.28. The quantitative estimate of drug-likeness (QED) is 0.811. The van der Waals surface area contributed by atoms with Gasteiger partial charge in [-0.3, -0.25) is 9.69 Å². The second kappa shape index (κ2) is 7.23. The molecule has 0 spiro atoms. The maximum absolute atomic E-state index is 12.2. The molecule has 1 aliphatic rings. The highest BCUT2D eigenvalue weighted by atomic mass is 32.1. The van der Waals surface area contributed by atoms with Crippen LogP contribution in [0.15, 0.2) is 22.0 Å². The minimum absolute atomic E-state index is 0.0364. The average Bonchev–Trinajstić information content (AvgIpc) is 3.27. The van der Waals surface area contributed by atoms with E-state index in [9.17, 15) is 4.79 Å². The van der Waals surface area contributed by atoms with E-state index in [1.807, 2.05) is 31.6 Å². The summed E-state index contributed by atoms with van der Waals surface area (Å²) in [4.78, 5) is 21.6. The molecule has 6 nitrogen and oxygen atoms in total. The topological polar surface area (TPSA) is 62.5 Å². The number of likely N-dealkylation sites (N-methyl/N-ethyl adjacent to an activating group) is 1. The summed E-state index contributed by atoms with van der Waals surface area (Å²) in [5, 5.41) is 6.03. The number of hydrogen-bond donors (Lipinski definition) is 0. The number of nitrogens with zero attached hydrogens (tertiary/aromatic N) is 4. The van der Waals surface area contributed by atoms with E-state index in [4.69, 9.17) is 4.52 Å². The van der Waals surface area contributed by atoms with Crippen LogP contribution in [0.4, 0.5) is 0 Å². The van der Waals surface area contributed by atoms with Crippen molar-refractivity contribution in [2.75, 3.05) is 27.2 Å². The molecule has 3 rings (SSSR count). The number of aryl methyl sites for hydroxylation is 1. The van der Waals surface area contributed by atoms with Crippen molar-refractivity contribution in [3.8, 4) is 10.7 Å². The first-order valence-corrected chi connectivity index (χ1v) is 8.85. The number of amides is 1. The van der Waals surface area contributed by atoms with Gasteiger partial charge in [0.1, 0.15) is 0 Å². The van der Waals surface area contributed by atoms with Crippen molar-refractivity contribution >= 4 is 17.2 Å². The van der Waals surface area contributed by atoms with Gasteiger partial charge < -0.3 is 9.42 Å². The van der Waals surface area contributed by atoms with Crippen LogP contribution in [0.3, 0.4) is 0 Å². The van der Waals surface area contributed by atoms with Crippen molar-refractivity contribution in [3.63, 3.8) is 0 Å². The molecule has 1 amide bonds. The third-order valence-electron chi connectivity index (χ3n) is 4.14. The third kappa shape index (κ3) is 3.79. The molecule has 0 aromatic carbocycles. The maximum atomic E-state index is 12.2. The van der Waals surface area contributed by atoms with Crippen LogP contribution < -0.4 is 0 Å². The fourth-order valence-corrected chi connectivity index (χ4v) is 3.62. The monoisotopic (exact) mass is 334 g/mol. The van der Waals surface area contributed by atoms with Gasteiger partial charge in [-0.05, 0) is 43.8 Å². The Labute approximate surface area is 140 Å². The molecule has 7 heteroatoms. The molecule has 0 radical (unpaired) electrons. The summed E-state index contributed by atoms with van der Waals surface area (Å²) < 4.78 is 5.32. The molecule has 1 atom stereocenters. The Morgan fingerprint density at radius 2 is 2.39 bits per heavy atom. The number of aromatic nitrogens is 2. The standard InChI is InChI=1S/C16H22N4O2S/c1-19(2)16(21)12-6-3-9-20(12)10-4-8-14-17-15(18-22-14)13-7-5-11-23-13/h5,7,11-12H,3-4,6,8-10H2,1-2H3. The molecule has 23 heavy (non-hydrogen) atoms. The zero-order valence-corrected chi connectivity index (χ0v) is 14.4. The van der Waals surface area contributed by atoms with Crippen LogP contribution in [0.25, 0.3) is 10.7 Å². The van der Waals surface area contributed by atoms with Crippen molar-refractivity contribution in [2.45, 2.75) is 31.7 Å². The van der Waals surface area contributed by atoms with Crippen LogP contribution >= 0.6 is 11.3 Å². The Morgan fingerprint density at radius 3 is 3.13 bits per heavy atom. The Bertz CT molecular complexity index is 638. The van der Waals surface area contributed by atoms with Crippen LogP contribution in [-0.4, -0.2) is 59.1 Å². The highest BCUT2D eigenvalue weighted by Gasteiger charge is 2.31. The normalized spacial score (nSPS) is 18.4. The summed E-state index contributed by atoms with van der Waals surface area (Å²) in [6, 6.07) is 4.00. The van der Waals surface area contributed by atoms with E-state index in [-0.39, 0.29) is 11.9 Å². The van der Waals surface area contributed by atoms with Gasteiger partial charge in [-0.2, -0.15) is 4.98 Å². The molecular formula is C16H22N4O2S. The SMILES string of the molecule is CN(C)C(=O)C1CCCN1CCCc1nc(-c2cccs2)no1. The number of rotatable bonds is 6. The Kier molecular flexibility index (Phi) is 5.07. The van der Waals surface area contributed by atoms with Crippen molar-refractivity contribution < 1.29 is 9.32 Å². The van der Waals surface area contributed by atoms with E-state index in [1.165, 1.54) is 0 Å². The highest BCUT2D eigenvalue weighted by molar-refractivity contribution is 7.13. The lowest BCUT2D eigenvalue weighted by atomic mass is 10.2. The zero-order valence-electron chi connectivity index (χ0n) is 13.6.